The molecule has 0 spiro atoms. The van der Waals surface area contributed by atoms with Crippen molar-refractivity contribution in [2.24, 2.45) is 4.99 Å². The number of nitriles is 1. The Balaban J connectivity index is 0.000000861. The van der Waals surface area contributed by atoms with E-state index in [1.165, 1.54) is 0 Å². The van der Waals surface area contributed by atoms with Crippen molar-refractivity contribution in [1.29, 1.82) is 5.26 Å². The minimum atomic E-state index is -0.328. The molecule has 0 aromatic rings. The molecular formula is C14H24N4O. The van der Waals surface area contributed by atoms with Crippen LogP contribution in [0.3, 0.4) is 0 Å². The van der Waals surface area contributed by atoms with E-state index in [0.29, 0.717) is 5.57 Å². The standard InChI is InChI=1S/C12H18N4O.C2H6/c1-2-16-5-3-11(4-6-16)17-12-14-8-10(7-13)9-15-12;1-2/h8-9,11-12,14H,2-6H2,1H3;1-2H3. The SMILES string of the molecule is CC.CCN1CCC(OC2N=CC(C#N)=CN2)CC1. The lowest BCUT2D eigenvalue weighted by Gasteiger charge is -2.32. The Labute approximate surface area is 115 Å². The zero-order chi connectivity index (χ0) is 14.1. The molecule has 5 heteroatoms. The van der Waals surface area contributed by atoms with Crippen LogP contribution in [-0.2, 0) is 4.74 Å². The van der Waals surface area contributed by atoms with Crippen LogP contribution in [0.5, 0.6) is 0 Å². The molecule has 19 heavy (non-hydrogen) atoms. The third kappa shape index (κ3) is 5.01. The summed E-state index contributed by atoms with van der Waals surface area (Å²) >= 11 is 0. The van der Waals surface area contributed by atoms with Gasteiger partial charge in [0.05, 0.1) is 11.7 Å². The van der Waals surface area contributed by atoms with E-state index in [1.54, 1.807) is 12.4 Å². The van der Waals surface area contributed by atoms with Crippen LogP contribution >= 0.6 is 0 Å². The van der Waals surface area contributed by atoms with Crippen LogP contribution in [0, 0.1) is 11.3 Å². The molecule has 106 valence electrons. The molecule has 2 aliphatic heterocycles. The summed E-state index contributed by atoms with van der Waals surface area (Å²) in [5.41, 5.74) is 0.533. The number of hydrogen-bond acceptors (Lipinski definition) is 5. The molecule has 1 fully saturated rings. The second kappa shape index (κ2) is 8.68. The molecule has 0 aromatic carbocycles. The topological polar surface area (TPSA) is 60.6 Å². The summed E-state index contributed by atoms with van der Waals surface area (Å²) in [6.45, 7) is 9.48. The zero-order valence-corrected chi connectivity index (χ0v) is 12.1. The van der Waals surface area contributed by atoms with Gasteiger partial charge in [-0.25, -0.2) is 4.99 Å². The van der Waals surface area contributed by atoms with Gasteiger partial charge in [0.25, 0.3) is 0 Å². The van der Waals surface area contributed by atoms with Crippen LogP contribution in [0.15, 0.2) is 16.8 Å². The van der Waals surface area contributed by atoms with Gasteiger partial charge in [-0.3, -0.25) is 0 Å². The summed E-state index contributed by atoms with van der Waals surface area (Å²) in [6, 6.07) is 2.03. The van der Waals surface area contributed by atoms with Gasteiger partial charge in [-0.2, -0.15) is 5.26 Å². The van der Waals surface area contributed by atoms with E-state index >= 15 is 0 Å². The van der Waals surface area contributed by atoms with E-state index in [2.05, 4.69) is 22.1 Å². The largest absolute Gasteiger partial charge is 0.346 e. The molecule has 1 atom stereocenters. The molecule has 5 nitrogen and oxygen atoms in total. The summed E-state index contributed by atoms with van der Waals surface area (Å²) in [5, 5.41) is 11.6. The summed E-state index contributed by atoms with van der Waals surface area (Å²) in [5.74, 6) is 0. The molecule has 0 aromatic heterocycles. The average Bonchev–Trinajstić information content (AvgIpc) is 2.51. The molecule has 2 rings (SSSR count). The molecule has 0 saturated carbocycles. The minimum Gasteiger partial charge on any atom is -0.346 e. The first-order chi connectivity index (χ1) is 9.31. The first-order valence-electron chi connectivity index (χ1n) is 7.09. The second-order valence-corrected chi connectivity index (χ2v) is 4.28. The maximum atomic E-state index is 8.66. The van der Waals surface area contributed by atoms with Gasteiger partial charge in [0.1, 0.15) is 6.07 Å². The number of aliphatic imine (C=N–C) groups is 1. The fourth-order valence-corrected chi connectivity index (χ4v) is 2.07. The fraction of sp³-hybridized carbons (Fsp3) is 0.714. The Bertz CT molecular complexity index is 351. The quantitative estimate of drug-likeness (QED) is 0.845. The molecule has 0 radical (unpaired) electrons. The number of allylic oxidation sites excluding steroid dienone is 1. The van der Waals surface area contributed by atoms with E-state index < -0.39 is 0 Å². The Morgan fingerprint density at radius 3 is 2.63 bits per heavy atom. The number of likely N-dealkylation sites (tertiary alicyclic amines) is 1. The Kier molecular flexibility index (Phi) is 7.16. The number of nitrogens with one attached hydrogen (secondary N) is 1. The highest BCUT2D eigenvalue weighted by Gasteiger charge is 2.21. The van der Waals surface area contributed by atoms with Crippen LogP contribution < -0.4 is 5.32 Å². The molecule has 2 aliphatic rings. The van der Waals surface area contributed by atoms with Crippen molar-refractivity contribution in [3.63, 3.8) is 0 Å². The summed E-state index contributed by atoms with van der Waals surface area (Å²) in [4.78, 5) is 6.57. The first-order valence-corrected chi connectivity index (χ1v) is 7.09. The van der Waals surface area contributed by atoms with Crippen LogP contribution in [0.25, 0.3) is 0 Å². The normalized spacial score (nSPS) is 23.7. The third-order valence-corrected chi connectivity index (χ3v) is 3.16. The maximum absolute atomic E-state index is 8.66. The molecule has 1 saturated heterocycles. The van der Waals surface area contributed by atoms with Crippen LogP contribution in [-0.4, -0.2) is 43.2 Å². The van der Waals surface area contributed by atoms with Crippen molar-refractivity contribution >= 4 is 6.21 Å². The molecular weight excluding hydrogens is 240 g/mol. The molecule has 0 amide bonds. The van der Waals surface area contributed by atoms with E-state index in [1.807, 2.05) is 19.9 Å². The van der Waals surface area contributed by atoms with Gasteiger partial charge in [0, 0.05) is 25.5 Å². The summed E-state index contributed by atoms with van der Waals surface area (Å²) < 4.78 is 5.83. The van der Waals surface area contributed by atoms with Crippen LogP contribution in [0.2, 0.25) is 0 Å². The molecule has 2 heterocycles. The lowest BCUT2D eigenvalue weighted by molar-refractivity contribution is -0.0467. The van der Waals surface area contributed by atoms with E-state index in [9.17, 15) is 0 Å². The number of rotatable bonds is 3. The minimum absolute atomic E-state index is 0.268. The highest BCUT2D eigenvalue weighted by atomic mass is 16.5. The van der Waals surface area contributed by atoms with Crippen molar-refractivity contribution in [3.8, 4) is 6.07 Å². The zero-order valence-electron chi connectivity index (χ0n) is 12.1. The van der Waals surface area contributed by atoms with E-state index in [-0.39, 0.29) is 12.5 Å². The number of nitrogens with zero attached hydrogens (tertiary/aromatic N) is 3. The molecule has 0 bridgehead atoms. The predicted octanol–water partition coefficient (Wildman–Crippen LogP) is 1.88. The lowest BCUT2D eigenvalue weighted by atomic mass is 10.1. The average molecular weight is 264 g/mol. The van der Waals surface area contributed by atoms with Crippen molar-refractivity contribution < 1.29 is 4.74 Å². The Hall–Kier alpha value is -1.38. The van der Waals surface area contributed by atoms with E-state index in [0.717, 1.165) is 32.5 Å². The summed E-state index contributed by atoms with van der Waals surface area (Å²) in [6.07, 6.45) is 5.25. The van der Waals surface area contributed by atoms with Crippen molar-refractivity contribution in [2.45, 2.75) is 46.1 Å². The van der Waals surface area contributed by atoms with Crippen molar-refractivity contribution in [1.82, 2.24) is 10.2 Å². The lowest BCUT2D eigenvalue weighted by Crippen LogP contribution is -2.40. The van der Waals surface area contributed by atoms with Gasteiger partial charge in [0.2, 0.25) is 6.35 Å². The number of ether oxygens (including phenoxy) is 1. The Morgan fingerprint density at radius 1 is 1.47 bits per heavy atom. The molecule has 1 N–H and O–H groups in total. The van der Waals surface area contributed by atoms with Crippen molar-refractivity contribution in [2.75, 3.05) is 19.6 Å². The van der Waals surface area contributed by atoms with Gasteiger partial charge < -0.3 is 15.0 Å². The van der Waals surface area contributed by atoms with Gasteiger partial charge in [-0.05, 0) is 19.4 Å². The highest BCUT2D eigenvalue weighted by Crippen LogP contribution is 2.15. The Morgan fingerprint density at radius 2 is 2.16 bits per heavy atom. The van der Waals surface area contributed by atoms with Gasteiger partial charge in [-0.15, -0.1) is 0 Å². The van der Waals surface area contributed by atoms with E-state index in [4.69, 9.17) is 10.00 Å². The second-order valence-electron chi connectivity index (χ2n) is 4.28. The number of hydrogen-bond donors (Lipinski definition) is 1. The van der Waals surface area contributed by atoms with Gasteiger partial charge in [-0.1, -0.05) is 20.8 Å². The summed E-state index contributed by atoms with van der Waals surface area (Å²) in [7, 11) is 0. The van der Waals surface area contributed by atoms with Gasteiger partial charge in [0.15, 0.2) is 0 Å². The predicted molar refractivity (Wildman–Crippen MR) is 76.7 cm³/mol. The first kappa shape index (κ1) is 15.7. The maximum Gasteiger partial charge on any atom is 0.225 e. The smallest absolute Gasteiger partial charge is 0.225 e. The van der Waals surface area contributed by atoms with Crippen molar-refractivity contribution in [3.05, 3.63) is 11.8 Å². The van der Waals surface area contributed by atoms with Gasteiger partial charge >= 0.3 is 0 Å². The number of piperidine rings is 1. The molecule has 1 unspecified atom stereocenters. The van der Waals surface area contributed by atoms with Crippen LogP contribution in [0.1, 0.15) is 33.6 Å². The highest BCUT2D eigenvalue weighted by molar-refractivity contribution is 5.84. The van der Waals surface area contributed by atoms with Crippen LogP contribution in [0.4, 0.5) is 0 Å². The molecule has 0 aliphatic carbocycles. The fourth-order valence-electron chi connectivity index (χ4n) is 2.07. The monoisotopic (exact) mass is 264 g/mol. The third-order valence-electron chi connectivity index (χ3n) is 3.16.